The largest absolute Gasteiger partial charge is 0.376 e. The Hall–Kier alpha value is -2.50. The maximum atomic E-state index is 13.1. The number of anilines is 1. The lowest BCUT2D eigenvalue weighted by Crippen LogP contribution is -2.35. The Balaban J connectivity index is 1.50. The zero-order valence-electron chi connectivity index (χ0n) is 15.2. The molecule has 0 aliphatic heterocycles. The van der Waals surface area contributed by atoms with Crippen LogP contribution in [0.2, 0.25) is 0 Å². The Morgan fingerprint density at radius 1 is 1.44 bits per heavy atom. The molecule has 1 atom stereocenters. The van der Waals surface area contributed by atoms with Crippen LogP contribution in [0.3, 0.4) is 0 Å². The molecule has 6 nitrogen and oxygen atoms in total. The van der Waals surface area contributed by atoms with Crippen LogP contribution < -0.4 is 10.6 Å². The first kappa shape index (κ1) is 19.3. The van der Waals surface area contributed by atoms with E-state index in [0.29, 0.717) is 33.7 Å². The van der Waals surface area contributed by atoms with Gasteiger partial charge in [0.1, 0.15) is 10.7 Å². The topological polar surface area (TPSA) is 76.1 Å². The van der Waals surface area contributed by atoms with Gasteiger partial charge in [-0.05, 0) is 44.6 Å². The van der Waals surface area contributed by atoms with Gasteiger partial charge in [-0.3, -0.25) is 10.3 Å². The average molecular weight is 388 g/mol. The van der Waals surface area contributed by atoms with Crippen LogP contribution in [0.15, 0.2) is 18.5 Å². The van der Waals surface area contributed by atoms with E-state index in [1.807, 2.05) is 6.92 Å². The Morgan fingerprint density at radius 2 is 2.26 bits per heavy atom. The highest BCUT2D eigenvalue weighted by Gasteiger charge is 2.22. The van der Waals surface area contributed by atoms with Crippen molar-refractivity contribution in [2.75, 3.05) is 18.5 Å². The smallest absolute Gasteiger partial charge is 0.321 e. The Bertz CT molecular complexity index is 870. The summed E-state index contributed by atoms with van der Waals surface area (Å²) in [5, 5.41) is 5.93. The molecule has 0 aromatic carbocycles. The van der Waals surface area contributed by atoms with Crippen LogP contribution in [0, 0.1) is 30.5 Å². The first-order valence-corrected chi connectivity index (χ1v) is 9.57. The van der Waals surface area contributed by atoms with E-state index in [0.717, 1.165) is 12.8 Å². The number of urea groups is 1. The van der Waals surface area contributed by atoms with Gasteiger partial charge in [0, 0.05) is 24.9 Å². The lowest BCUT2D eigenvalue weighted by atomic mass is 10.3. The van der Waals surface area contributed by atoms with E-state index in [1.165, 1.54) is 36.4 Å². The number of rotatable bonds is 6. The third-order valence-electron chi connectivity index (χ3n) is 3.91. The van der Waals surface area contributed by atoms with Gasteiger partial charge in [-0.1, -0.05) is 17.3 Å². The number of nitrogens with zero attached hydrogens (tertiary/aromatic N) is 2. The summed E-state index contributed by atoms with van der Waals surface area (Å²) >= 11 is 1.27. The fraction of sp³-hybridized carbons (Fsp3) is 0.421. The molecule has 1 aliphatic rings. The second kappa shape index (κ2) is 8.93. The van der Waals surface area contributed by atoms with E-state index < -0.39 is 5.82 Å². The van der Waals surface area contributed by atoms with Crippen molar-refractivity contribution in [2.24, 2.45) is 5.92 Å². The van der Waals surface area contributed by atoms with Crippen molar-refractivity contribution in [3.8, 4) is 11.8 Å². The molecular formula is C19H21FN4O2S. The molecule has 142 valence electrons. The van der Waals surface area contributed by atoms with Crippen molar-refractivity contribution in [2.45, 2.75) is 32.8 Å². The summed E-state index contributed by atoms with van der Waals surface area (Å²) in [6.07, 6.45) is 5.07. The van der Waals surface area contributed by atoms with Gasteiger partial charge in [-0.25, -0.2) is 14.2 Å². The second-order valence-electron chi connectivity index (χ2n) is 6.50. The normalized spacial score (nSPS) is 14.2. The quantitative estimate of drug-likeness (QED) is 0.745. The summed E-state index contributed by atoms with van der Waals surface area (Å²) in [5.41, 5.74) is 1.18. The molecule has 27 heavy (non-hydrogen) atoms. The monoisotopic (exact) mass is 388 g/mol. The van der Waals surface area contributed by atoms with Gasteiger partial charge in [0.2, 0.25) is 0 Å². The number of amides is 2. The number of thiazole rings is 1. The molecular weight excluding hydrogens is 367 g/mol. The Labute approximate surface area is 161 Å². The number of hydrogen-bond donors (Lipinski definition) is 2. The van der Waals surface area contributed by atoms with Crippen molar-refractivity contribution in [3.63, 3.8) is 0 Å². The van der Waals surface area contributed by atoms with E-state index >= 15 is 0 Å². The van der Waals surface area contributed by atoms with Crippen LogP contribution >= 0.6 is 11.3 Å². The van der Waals surface area contributed by atoms with Crippen LogP contribution in [-0.4, -0.2) is 35.3 Å². The molecule has 2 N–H and O–H groups in total. The summed E-state index contributed by atoms with van der Waals surface area (Å²) in [7, 11) is 0. The molecule has 0 bridgehead atoms. The van der Waals surface area contributed by atoms with Crippen molar-refractivity contribution in [1.82, 2.24) is 15.3 Å². The van der Waals surface area contributed by atoms with Gasteiger partial charge >= 0.3 is 6.03 Å². The van der Waals surface area contributed by atoms with E-state index in [2.05, 4.69) is 32.4 Å². The number of nitrogens with one attached hydrogen (secondary N) is 2. The van der Waals surface area contributed by atoms with Gasteiger partial charge in [-0.15, -0.1) is 0 Å². The molecule has 1 unspecified atom stereocenters. The van der Waals surface area contributed by atoms with Crippen LogP contribution in [-0.2, 0) is 4.74 Å². The minimum Gasteiger partial charge on any atom is -0.376 e. The number of aromatic nitrogens is 2. The summed E-state index contributed by atoms with van der Waals surface area (Å²) in [5.74, 6) is 6.06. The number of pyridine rings is 1. The van der Waals surface area contributed by atoms with E-state index in [-0.39, 0.29) is 12.1 Å². The van der Waals surface area contributed by atoms with Gasteiger partial charge in [0.15, 0.2) is 5.13 Å². The molecule has 1 aliphatic carbocycles. The summed E-state index contributed by atoms with van der Waals surface area (Å²) < 4.78 is 18.8. The molecule has 0 spiro atoms. The third kappa shape index (κ3) is 6.31. The summed E-state index contributed by atoms with van der Waals surface area (Å²) in [4.78, 5) is 20.8. The zero-order chi connectivity index (χ0) is 19.2. The molecule has 3 rings (SSSR count). The Kier molecular flexibility index (Phi) is 6.37. The fourth-order valence-electron chi connectivity index (χ4n) is 2.20. The van der Waals surface area contributed by atoms with Crippen LogP contribution in [0.25, 0.3) is 0 Å². The first-order valence-electron chi connectivity index (χ1n) is 8.76. The maximum absolute atomic E-state index is 13.1. The van der Waals surface area contributed by atoms with E-state index in [1.54, 1.807) is 6.92 Å². The SMILES string of the molecule is Cc1nc(NC(=O)NCC(C)OCC2CC2)sc1C#Cc1cncc(F)c1. The maximum Gasteiger partial charge on any atom is 0.321 e. The molecule has 1 fully saturated rings. The minimum atomic E-state index is -0.433. The fourth-order valence-corrected chi connectivity index (χ4v) is 3.01. The first-order chi connectivity index (χ1) is 13.0. The van der Waals surface area contributed by atoms with Gasteiger partial charge < -0.3 is 10.1 Å². The predicted octanol–water partition coefficient (Wildman–Crippen LogP) is 3.32. The van der Waals surface area contributed by atoms with Gasteiger partial charge in [0.25, 0.3) is 0 Å². The number of ether oxygens (including phenoxy) is 1. The number of aryl methyl sites for hydroxylation is 1. The number of halogens is 1. The molecule has 2 aromatic heterocycles. The van der Waals surface area contributed by atoms with Crippen LogP contribution in [0.1, 0.15) is 35.9 Å². The van der Waals surface area contributed by atoms with Gasteiger partial charge in [-0.2, -0.15) is 0 Å². The van der Waals surface area contributed by atoms with Gasteiger partial charge in [0.05, 0.1) is 18.0 Å². The Morgan fingerprint density at radius 3 is 3.00 bits per heavy atom. The minimum absolute atomic E-state index is 0.0318. The molecule has 2 amide bonds. The lowest BCUT2D eigenvalue weighted by Gasteiger charge is -2.13. The summed E-state index contributed by atoms with van der Waals surface area (Å²) in [6.45, 7) is 4.94. The third-order valence-corrected chi connectivity index (χ3v) is 4.89. The molecule has 0 radical (unpaired) electrons. The number of carbonyl (C=O) groups is 1. The highest BCUT2D eigenvalue weighted by molar-refractivity contribution is 7.16. The van der Waals surface area contributed by atoms with E-state index in [9.17, 15) is 9.18 Å². The highest BCUT2D eigenvalue weighted by Crippen LogP contribution is 2.29. The van der Waals surface area contributed by atoms with Crippen LogP contribution in [0.5, 0.6) is 0 Å². The molecule has 2 aromatic rings. The standard InChI is InChI=1S/C19H21FN4O2S/c1-12(26-11-14-3-4-14)8-22-18(25)24-19-23-13(2)17(27-19)6-5-15-7-16(20)10-21-9-15/h7,9-10,12,14H,3-4,8,11H2,1-2H3,(H2,22,23,24,25). The molecule has 0 saturated heterocycles. The molecule has 2 heterocycles. The van der Waals surface area contributed by atoms with E-state index in [4.69, 9.17) is 4.74 Å². The highest BCUT2D eigenvalue weighted by atomic mass is 32.1. The lowest BCUT2D eigenvalue weighted by molar-refractivity contribution is 0.0601. The molecule has 8 heteroatoms. The number of carbonyl (C=O) groups excluding carboxylic acids is 1. The van der Waals surface area contributed by atoms with Crippen molar-refractivity contribution in [3.05, 3.63) is 40.4 Å². The average Bonchev–Trinajstić information content (AvgIpc) is 3.40. The van der Waals surface area contributed by atoms with Crippen molar-refractivity contribution < 1.29 is 13.9 Å². The second-order valence-corrected chi connectivity index (χ2v) is 7.50. The zero-order valence-corrected chi connectivity index (χ0v) is 16.0. The van der Waals surface area contributed by atoms with Crippen LogP contribution in [0.4, 0.5) is 14.3 Å². The summed E-state index contributed by atoms with van der Waals surface area (Å²) in [6, 6.07) is 0.981. The van der Waals surface area contributed by atoms with Crippen molar-refractivity contribution >= 4 is 22.5 Å². The number of hydrogen-bond acceptors (Lipinski definition) is 5. The molecule has 1 saturated carbocycles. The van der Waals surface area contributed by atoms with Crippen molar-refractivity contribution in [1.29, 1.82) is 0 Å². The predicted molar refractivity (Wildman–Crippen MR) is 102 cm³/mol.